The average molecular weight is 381 g/mol. The van der Waals surface area contributed by atoms with Crippen LogP contribution in [0.2, 0.25) is 5.02 Å². The van der Waals surface area contributed by atoms with Gasteiger partial charge in [0, 0.05) is 11.9 Å². The van der Waals surface area contributed by atoms with Gasteiger partial charge in [-0.2, -0.15) is 0 Å². The molecule has 0 radical (unpaired) electrons. The summed E-state index contributed by atoms with van der Waals surface area (Å²) in [4.78, 5) is 21.6. The van der Waals surface area contributed by atoms with Crippen molar-refractivity contribution in [1.82, 2.24) is 14.5 Å². The normalized spacial score (nSPS) is 10.9. The van der Waals surface area contributed by atoms with Gasteiger partial charge in [-0.3, -0.25) is 14.3 Å². The van der Waals surface area contributed by atoms with Crippen LogP contribution >= 0.6 is 11.6 Å². The zero-order chi connectivity index (χ0) is 18.8. The van der Waals surface area contributed by atoms with Crippen molar-refractivity contribution >= 4 is 34.1 Å². The number of hydrogen-bond acceptors (Lipinski definition) is 4. The molecule has 0 saturated heterocycles. The molecule has 0 bridgehead atoms. The number of fused-ring (bicyclic) bond motifs is 1. The van der Waals surface area contributed by atoms with Gasteiger partial charge >= 0.3 is 0 Å². The fourth-order valence-electron chi connectivity index (χ4n) is 2.80. The lowest BCUT2D eigenvalue weighted by Crippen LogP contribution is -2.25. The summed E-state index contributed by atoms with van der Waals surface area (Å²) in [5, 5.41) is 2.91. The van der Waals surface area contributed by atoms with E-state index in [-0.39, 0.29) is 16.4 Å². The second kappa shape index (κ2) is 7.17. The molecule has 0 aliphatic heterocycles. The van der Waals surface area contributed by atoms with Crippen LogP contribution in [-0.4, -0.2) is 14.5 Å². The van der Waals surface area contributed by atoms with Crippen molar-refractivity contribution in [3.8, 4) is 0 Å². The second-order valence-electron chi connectivity index (χ2n) is 5.96. The summed E-state index contributed by atoms with van der Waals surface area (Å²) in [6.07, 6.45) is 3.23. The van der Waals surface area contributed by atoms with Crippen LogP contribution in [0.3, 0.4) is 0 Å². The Morgan fingerprint density at radius 2 is 1.93 bits per heavy atom. The van der Waals surface area contributed by atoms with Crippen LogP contribution in [0, 0.1) is 5.82 Å². The van der Waals surface area contributed by atoms with E-state index in [1.165, 1.54) is 18.2 Å². The van der Waals surface area contributed by atoms with E-state index < -0.39 is 5.82 Å². The number of hydrogen-bond donors (Lipinski definition) is 1. The van der Waals surface area contributed by atoms with E-state index in [4.69, 9.17) is 11.6 Å². The first-order valence-electron chi connectivity index (χ1n) is 8.22. The maximum Gasteiger partial charge on any atom is 0.294 e. The number of nitrogens with one attached hydrogen (secondary N) is 1. The summed E-state index contributed by atoms with van der Waals surface area (Å²) in [7, 11) is 0. The van der Waals surface area contributed by atoms with Gasteiger partial charge in [0.1, 0.15) is 5.82 Å². The number of nitrogens with zero attached hydrogens (tertiary/aromatic N) is 3. The van der Waals surface area contributed by atoms with Gasteiger partial charge in [0.25, 0.3) is 5.56 Å². The lowest BCUT2D eigenvalue weighted by atomic mass is 10.2. The van der Waals surface area contributed by atoms with Gasteiger partial charge in [0.2, 0.25) is 0 Å². The molecule has 7 heteroatoms. The molecule has 4 aromatic rings. The monoisotopic (exact) mass is 380 g/mol. The Kier molecular flexibility index (Phi) is 4.56. The summed E-state index contributed by atoms with van der Waals surface area (Å²) in [6, 6.07) is 15.5. The van der Waals surface area contributed by atoms with Gasteiger partial charge in [-0.1, -0.05) is 41.9 Å². The Morgan fingerprint density at radius 3 is 2.70 bits per heavy atom. The molecule has 27 heavy (non-hydrogen) atoms. The molecule has 0 amide bonds. The van der Waals surface area contributed by atoms with Crippen molar-refractivity contribution in [2.75, 3.05) is 5.32 Å². The Bertz CT molecular complexity index is 1180. The molecule has 2 aromatic heterocycles. The molecule has 0 aliphatic carbocycles. The lowest BCUT2D eigenvalue weighted by molar-refractivity contribution is 0.628. The van der Waals surface area contributed by atoms with Crippen molar-refractivity contribution in [2.45, 2.75) is 6.54 Å². The molecule has 2 aromatic carbocycles. The maximum atomic E-state index is 13.4. The number of anilines is 2. The molecule has 0 fully saturated rings. The lowest BCUT2D eigenvalue weighted by Gasteiger charge is -2.13. The van der Waals surface area contributed by atoms with Crippen LogP contribution in [0.15, 0.2) is 71.8 Å². The van der Waals surface area contributed by atoms with Crippen LogP contribution in [0.25, 0.3) is 11.0 Å². The largest absolute Gasteiger partial charge is 0.336 e. The first-order chi connectivity index (χ1) is 13.1. The van der Waals surface area contributed by atoms with E-state index in [9.17, 15) is 9.18 Å². The summed E-state index contributed by atoms with van der Waals surface area (Å²) in [5.41, 5.74) is 2.41. The summed E-state index contributed by atoms with van der Waals surface area (Å²) >= 11 is 5.83. The number of benzene rings is 2. The molecule has 0 aliphatic rings. The first-order valence-corrected chi connectivity index (χ1v) is 8.60. The van der Waals surface area contributed by atoms with Gasteiger partial charge in [-0.05, 0) is 29.8 Å². The number of aromatic nitrogens is 3. The van der Waals surface area contributed by atoms with E-state index >= 15 is 0 Å². The van der Waals surface area contributed by atoms with E-state index in [1.807, 2.05) is 30.3 Å². The van der Waals surface area contributed by atoms with Crippen LogP contribution in [-0.2, 0) is 6.54 Å². The van der Waals surface area contributed by atoms with Crippen molar-refractivity contribution in [2.24, 2.45) is 0 Å². The highest BCUT2D eigenvalue weighted by atomic mass is 35.5. The molecule has 134 valence electrons. The van der Waals surface area contributed by atoms with Gasteiger partial charge in [-0.15, -0.1) is 0 Å². The third kappa shape index (κ3) is 3.52. The Labute approximate surface area is 159 Å². The topological polar surface area (TPSA) is 59.8 Å². The summed E-state index contributed by atoms with van der Waals surface area (Å²) in [6.45, 7) is 0.378. The third-order valence-electron chi connectivity index (χ3n) is 4.11. The molecule has 0 saturated carbocycles. The molecular formula is C20H14ClFN4O. The Hall–Kier alpha value is -3.25. The SMILES string of the molecule is O=c1c(Nc2ccc(F)c(Cl)c2)nc2ccncc2n1Cc1ccccc1. The molecule has 0 unspecified atom stereocenters. The predicted octanol–water partition coefficient (Wildman–Crippen LogP) is 4.38. The van der Waals surface area contributed by atoms with Crippen molar-refractivity contribution in [3.05, 3.63) is 93.7 Å². The van der Waals surface area contributed by atoms with Crippen LogP contribution in [0.5, 0.6) is 0 Å². The molecule has 1 N–H and O–H groups in total. The quantitative estimate of drug-likeness (QED) is 0.571. The number of pyridine rings is 1. The Morgan fingerprint density at radius 1 is 1.11 bits per heavy atom. The molecule has 2 heterocycles. The van der Waals surface area contributed by atoms with Crippen LogP contribution in [0.4, 0.5) is 15.9 Å². The highest BCUT2D eigenvalue weighted by Gasteiger charge is 2.12. The number of halogens is 2. The third-order valence-corrected chi connectivity index (χ3v) is 4.40. The molecule has 5 nitrogen and oxygen atoms in total. The average Bonchev–Trinajstić information content (AvgIpc) is 2.69. The number of rotatable bonds is 4. The summed E-state index contributed by atoms with van der Waals surface area (Å²) < 4.78 is 15.0. The molecule has 4 rings (SSSR count). The first kappa shape index (κ1) is 17.2. The van der Waals surface area contributed by atoms with Crippen LogP contribution < -0.4 is 10.9 Å². The second-order valence-corrected chi connectivity index (χ2v) is 6.36. The molecule has 0 atom stereocenters. The van der Waals surface area contributed by atoms with E-state index in [1.54, 1.807) is 23.0 Å². The minimum absolute atomic E-state index is 0.0328. The highest BCUT2D eigenvalue weighted by Crippen LogP contribution is 2.22. The van der Waals surface area contributed by atoms with E-state index in [2.05, 4.69) is 15.3 Å². The maximum absolute atomic E-state index is 13.4. The van der Waals surface area contributed by atoms with Crippen molar-refractivity contribution in [3.63, 3.8) is 0 Å². The van der Waals surface area contributed by atoms with Crippen LogP contribution in [0.1, 0.15) is 5.56 Å². The van der Waals surface area contributed by atoms with Gasteiger partial charge < -0.3 is 5.32 Å². The molecular weight excluding hydrogens is 367 g/mol. The zero-order valence-corrected chi connectivity index (χ0v) is 14.8. The van der Waals surface area contributed by atoms with Gasteiger partial charge in [0.05, 0.1) is 28.8 Å². The smallest absolute Gasteiger partial charge is 0.294 e. The standard InChI is InChI=1S/C20H14ClFN4O/c21-15-10-14(6-7-16(15)22)24-19-20(27)26(12-13-4-2-1-3-5-13)18-11-23-9-8-17(18)25-19/h1-11H,12H2,(H,24,25). The fourth-order valence-corrected chi connectivity index (χ4v) is 2.98. The minimum atomic E-state index is -0.527. The fraction of sp³-hybridized carbons (Fsp3) is 0.0500. The van der Waals surface area contributed by atoms with Crippen molar-refractivity contribution in [1.29, 1.82) is 0 Å². The zero-order valence-electron chi connectivity index (χ0n) is 14.1. The van der Waals surface area contributed by atoms with Gasteiger partial charge in [0.15, 0.2) is 5.82 Å². The highest BCUT2D eigenvalue weighted by molar-refractivity contribution is 6.31. The Balaban J connectivity index is 1.82. The predicted molar refractivity (Wildman–Crippen MR) is 104 cm³/mol. The van der Waals surface area contributed by atoms with Gasteiger partial charge in [-0.25, -0.2) is 9.37 Å². The summed E-state index contributed by atoms with van der Waals surface area (Å²) in [5.74, 6) is -0.395. The minimum Gasteiger partial charge on any atom is -0.336 e. The van der Waals surface area contributed by atoms with E-state index in [0.717, 1.165) is 5.56 Å². The van der Waals surface area contributed by atoms with E-state index in [0.29, 0.717) is 23.3 Å². The molecule has 0 spiro atoms. The van der Waals surface area contributed by atoms with Crippen molar-refractivity contribution < 1.29 is 4.39 Å².